The Hall–Kier alpha value is -7.22. The van der Waals surface area contributed by atoms with Crippen LogP contribution in [-0.2, 0) is 5.41 Å². The average molecular weight is 2010 g/mol. The van der Waals surface area contributed by atoms with Crippen LogP contribution < -0.4 is 0 Å². The van der Waals surface area contributed by atoms with E-state index in [1.807, 2.05) is 0 Å². The summed E-state index contributed by atoms with van der Waals surface area (Å²) in [6.07, 6.45) is 0.889. The monoisotopic (exact) mass is 2010 g/mol. The van der Waals surface area contributed by atoms with Gasteiger partial charge in [-0.2, -0.15) is 0 Å². The number of halogens is 42. The maximum atomic E-state index is 12.4. The number of aryl methyl sites for hydroxylation is 2. The third-order valence-corrected chi connectivity index (χ3v) is 21.7. The first-order chi connectivity index (χ1) is 47.8. The molecule has 656 valence electrons. The average Bonchev–Trinajstić information content (AvgIpc) is 0.714. The van der Waals surface area contributed by atoms with Crippen molar-refractivity contribution in [2.24, 2.45) is 0 Å². The first-order valence-electron chi connectivity index (χ1n) is 27.0. The molecule has 0 amide bonds. The summed E-state index contributed by atoms with van der Waals surface area (Å²) in [4.78, 5) is 20.2. The van der Waals surface area contributed by atoms with Gasteiger partial charge >= 0.3 is 81.8 Å². The smallest absolute Gasteiger partial charge is 0.258 e. The fourth-order valence-electron chi connectivity index (χ4n) is 6.46. The lowest BCUT2D eigenvalue weighted by Crippen LogP contribution is -2.12. The molecule has 8 aromatic rings. The van der Waals surface area contributed by atoms with Crippen LogP contribution in [-0.4, -0.2) is 24.7 Å². The molecule has 8 rings (SSSR count). The van der Waals surface area contributed by atoms with Gasteiger partial charge in [0.1, 0.15) is 35.6 Å². The molecular formula is C52H45Br2F40N5O6S8. The van der Waals surface area contributed by atoms with E-state index in [2.05, 4.69) is 41.8 Å². The molecule has 0 N–H and O–H groups in total. The highest BCUT2D eigenvalue weighted by molar-refractivity contribution is 9.10. The molecule has 0 bridgehead atoms. The molecule has 113 heavy (non-hydrogen) atoms. The van der Waals surface area contributed by atoms with Crippen LogP contribution in [0.5, 0.6) is 0 Å². The fraction of sp³-hybridized carbons (Fsp3) is 0.115. The van der Waals surface area contributed by atoms with Crippen molar-refractivity contribution in [2.45, 2.75) is 79.5 Å². The van der Waals surface area contributed by atoms with Gasteiger partial charge < -0.3 is 0 Å². The molecule has 6 aromatic carbocycles. The zero-order valence-electron chi connectivity index (χ0n) is 54.6. The Labute approximate surface area is 625 Å². The minimum absolute atomic E-state index is 0.000309. The van der Waals surface area contributed by atoms with Gasteiger partial charge in [-0.25, -0.2) is 9.97 Å². The summed E-state index contributed by atoms with van der Waals surface area (Å²) in [5, 5.41) is 25.7. The fourth-order valence-corrected chi connectivity index (χ4v) is 12.4. The summed E-state index contributed by atoms with van der Waals surface area (Å²) >= 11 is 5.54. The first-order valence-corrected chi connectivity index (χ1v) is 44.2. The van der Waals surface area contributed by atoms with Crippen molar-refractivity contribution in [3.8, 4) is 0 Å². The van der Waals surface area contributed by atoms with Crippen molar-refractivity contribution < 1.29 is 170 Å². The normalized spacial score (nSPS) is 17.3. The minimum atomic E-state index is -9.82. The van der Waals surface area contributed by atoms with E-state index in [4.69, 9.17) is 0 Å². The zero-order valence-corrected chi connectivity index (χ0v) is 64.4. The Bertz CT molecular complexity index is 4620. The molecular weight excluding hydrogens is 1970 g/mol. The van der Waals surface area contributed by atoms with Crippen LogP contribution in [0.4, 0.5) is 172 Å². The van der Waals surface area contributed by atoms with E-state index >= 15 is 0 Å². The van der Waals surface area contributed by atoms with Crippen LogP contribution >= 0.6 is 114 Å². The molecule has 2 aromatic heterocycles. The summed E-state index contributed by atoms with van der Waals surface area (Å²) in [5.41, 5.74) is -1.38. The maximum absolute atomic E-state index is 12.4. The van der Waals surface area contributed by atoms with Gasteiger partial charge in [-0.05, 0) is 127 Å². The molecule has 11 nitrogen and oxygen atoms in total. The molecule has 0 fully saturated rings. The van der Waals surface area contributed by atoms with E-state index in [0.717, 1.165) is 54.7 Å². The molecule has 0 radical (unpaired) electrons. The first kappa shape index (κ1) is 104. The quantitative estimate of drug-likeness (QED) is 0.0704. The van der Waals surface area contributed by atoms with Crippen LogP contribution in [0, 0.1) is 44.2 Å². The van der Waals surface area contributed by atoms with Gasteiger partial charge in [0.05, 0.1) is 14.8 Å². The zero-order chi connectivity index (χ0) is 90.4. The van der Waals surface area contributed by atoms with Crippen molar-refractivity contribution in [1.82, 2.24) is 9.97 Å². The number of nitrogens with zero attached hydrogens (tertiary/aromatic N) is 5. The lowest BCUT2D eigenvalue weighted by atomic mass is 9.87. The van der Waals surface area contributed by atoms with E-state index in [1.165, 1.54) is 19.9 Å². The van der Waals surface area contributed by atoms with Crippen molar-refractivity contribution in [1.29, 1.82) is 0 Å². The number of nitro benzene ring substituents is 2. The van der Waals surface area contributed by atoms with Crippen LogP contribution in [0.25, 0.3) is 0 Å². The van der Waals surface area contributed by atoms with Crippen LogP contribution in [0.1, 0.15) is 37.5 Å². The third kappa shape index (κ3) is 38.0. The minimum Gasteiger partial charge on any atom is -0.258 e. The van der Waals surface area contributed by atoms with Crippen molar-refractivity contribution >= 4 is 131 Å². The second kappa shape index (κ2) is 26.1. The lowest BCUT2D eigenvalue weighted by molar-refractivity contribution is -0.385. The number of non-ortho nitro benzene ring substituents is 2. The number of benzene rings is 6. The molecule has 0 saturated carbocycles. The van der Waals surface area contributed by atoms with E-state index in [0.29, 0.717) is 100 Å². The van der Waals surface area contributed by atoms with Crippen LogP contribution in [0.2, 0.25) is 0 Å². The summed E-state index contributed by atoms with van der Waals surface area (Å²) in [6, 6.07) is 14.7. The molecule has 0 aliphatic heterocycles. The van der Waals surface area contributed by atoms with Gasteiger partial charge in [-0.1, -0.05) is 256 Å². The number of nitro groups is 3. The molecule has 0 spiro atoms. The number of hydrogen-bond acceptors (Lipinski definition) is 8. The molecule has 0 aliphatic carbocycles. The molecule has 0 unspecified atom stereocenters. The third-order valence-electron chi connectivity index (χ3n) is 11.7. The molecule has 61 heteroatoms. The maximum Gasteiger partial charge on any atom is 0.325 e. The summed E-state index contributed by atoms with van der Waals surface area (Å²) in [6.45, 7) is 8.36. The van der Waals surface area contributed by atoms with Crippen molar-refractivity contribution in [2.75, 3.05) is 0 Å². The predicted molar refractivity (Wildman–Crippen MR) is 362 cm³/mol. The Morgan fingerprint density at radius 2 is 0.540 bits per heavy atom. The molecule has 0 aliphatic rings. The molecule has 0 atom stereocenters. The highest BCUT2D eigenvalue weighted by atomic mass is 79.9. The number of rotatable bonds is 11. The standard InChI is InChI=1S/C10H13F5S.C7H7F5S.2C6H4BrF5S.2C6H4F5NO2S.C6H6F5NS.C5H3F5N2O2S/c1-10(2,3)8-4-6-9(7-5-8)16(11,12,13,14)15;1-6-2-4-7(5-3-6)13(8,9,10,11)12;7-5-1-3-6(4-2-5)13(8,9,10,11)12;7-5-2-1-3-6(4-5)13(8,9,10,11)12;7-15(8,9,10,11)6-3-1-5(2-4-6)12(13)14;7-15(8,9,10,11)6-3-1-2-5(4-6)12(13)14;1-5-2-3-6(12-4-5)13(7,8,9,10)11;6-15(7,8,9,10)5-2-1-4(3-11-5)12(13)14/h4-7H,1-3H3;2-5H,1H3;2*1-4H;2*1-4H;2-4H,1H3;1-3H. The Morgan fingerprint density at radius 1 is 0.274 bits per heavy atom. The van der Waals surface area contributed by atoms with Gasteiger partial charge in [0.15, 0.2) is 10.1 Å². The van der Waals surface area contributed by atoms with E-state index in [-0.39, 0.29) is 52.5 Å². The topological polar surface area (TPSA) is 155 Å². The van der Waals surface area contributed by atoms with Crippen molar-refractivity contribution in [3.63, 3.8) is 0 Å². The Morgan fingerprint density at radius 3 is 0.796 bits per heavy atom. The highest BCUT2D eigenvalue weighted by Crippen LogP contribution is 3.07. The number of aromatic nitrogens is 2. The van der Waals surface area contributed by atoms with Gasteiger partial charge in [0.2, 0.25) is 0 Å². The second-order valence-electron chi connectivity index (χ2n) is 23.0. The Kier molecular flexibility index (Phi) is 24.0. The summed E-state index contributed by atoms with van der Waals surface area (Å²) < 4.78 is 485. The van der Waals surface area contributed by atoms with E-state index < -0.39 is 153 Å². The SMILES string of the molecule is CC(C)(C)c1ccc(S(F)(F)(F)(F)F)cc1.Cc1ccc(S(F)(F)(F)(F)F)cc1.Cc1ccc(S(F)(F)(F)(F)F)nc1.FS(F)(F)(F)(F)c1ccc(Br)cc1.FS(F)(F)(F)(F)c1cccc(Br)c1.O=[N+]([O-])c1ccc(S(F)(F)(F)(F)F)cc1.O=[N+]([O-])c1ccc(S(F)(F)(F)(F)F)nc1.O=[N+]([O-])c1cccc(S(F)(F)(F)(F)F)c1. The van der Waals surface area contributed by atoms with E-state index in [9.17, 15) is 186 Å². The predicted octanol–water partition coefficient (Wildman–Crippen LogP) is 36.7. The number of hydrogen-bond donors (Lipinski definition) is 0. The Balaban J connectivity index is 0.000000646. The van der Waals surface area contributed by atoms with Crippen LogP contribution in [0.15, 0.2) is 231 Å². The summed E-state index contributed by atoms with van der Waals surface area (Å²) in [5.74, 6) is 0. The van der Waals surface area contributed by atoms with Gasteiger partial charge in [0, 0.05) is 45.5 Å². The number of pyridine rings is 2. The van der Waals surface area contributed by atoms with Gasteiger partial charge in [0.25, 0.3) is 17.1 Å². The summed E-state index contributed by atoms with van der Waals surface area (Å²) in [7, 11) is -76.8. The largest absolute Gasteiger partial charge is 0.325 e. The van der Waals surface area contributed by atoms with Gasteiger partial charge in [-0.3, -0.25) is 30.3 Å². The van der Waals surface area contributed by atoms with Gasteiger partial charge in [-0.15, -0.1) is 0 Å². The van der Waals surface area contributed by atoms with E-state index in [1.54, 1.807) is 20.8 Å². The van der Waals surface area contributed by atoms with Crippen LogP contribution in [0.3, 0.4) is 0 Å². The second-order valence-corrected chi connectivity index (χ2v) is 44.0. The molecule has 0 saturated heterocycles. The lowest BCUT2D eigenvalue weighted by Gasteiger charge is -2.40. The van der Waals surface area contributed by atoms with Crippen molar-refractivity contribution in [3.05, 3.63) is 238 Å². The highest BCUT2D eigenvalue weighted by Gasteiger charge is 2.71. The molecule has 2 heterocycles.